The van der Waals surface area contributed by atoms with E-state index in [0.717, 1.165) is 5.56 Å². The van der Waals surface area contributed by atoms with Crippen LogP contribution in [0.4, 0.5) is 0 Å². The Balaban J connectivity index is 2.59. The van der Waals surface area contributed by atoms with Gasteiger partial charge in [-0.15, -0.1) is 0 Å². The fraction of sp³-hybridized carbons (Fsp3) is 0.143. The molecule has 0 atom stereocenters. The maximum absolute atomic E-state index is 10.9. The number of benzene rings is 1. The number of carboxylic acid groups (broad SMARTS) is 1. The maximum atomic E-state index is 10.9. The molecule has 5 heteroatoms. The molecule has 0 bridgehead atoms. The molecule has 1 aromatic heterocycles. The highest BCUT2D eigenvalue weighted by Crippen LogP contribution is 2.34. The minimum atomic E-state index is -1.04. The van der Waals surface area contributed by atoms with Crippen LogP contribution in [-0.4, -0.2) is 30.3 Å². The summed E-state index contributed by atoms with van der Waals surface area (Å²) in [5, 5.41) is 8.95. The fourth-order valence-electron chi connectivity index (χ4n) is 1.76. The summed E-state index contributed by atoms with van der Waals surface area (Å²) >= 11 is 0. The van der Waals surface area contributed by atoms with E-state index in [2.05, 4.69) is 4.98 Å². The number of para-hydroxylation sites is 1. The van der Waals surface area contributed by atoms with E-state index >= 15 is 0 Å². The molecule has 2 rings (SSSR count). The third kappa shape index (κ3) is 2.49. The number of rotatable bonds is 4. The normalized spacial score (nSPS) is 10.0. The number of aromatic nitrogens is 1. The topological polar surface area (TPSA) is 68.7 Å². The van der Waals surface area contributed by atoms with Gasteiger partial charge < -0.3 is 14.6 Å². The lowest BCUT2D eigenvalue weighted by atomic mass is 10.1. The molecular formula is C14H13NO4. The predicted octanol–water partition coefficient (Wildman–Crippen LogP) is 2.46. The molecule has 1 heterocycles. The van der Waals surface area contributed by atoms with Gasteiger partial charge in [-0.1, -0.05) is 12.1 Å². The van der Waals surface area contributed by atoms with Gasteiger partial charge in [-0.3, -0.25) is 4.98 Å². The zero-order valence-corrected chi connectivity index (χ0v) is 10.6. The van der Waals surface area contributed by atoms with Gasteiger partial charge in [0.15, 0.2) is 0 Å². The number of aromatic carboxylic acids is 1. The smallest absolute Gasteiger partial charge is 0.337 e. The van der Waals surface area contributed by atoms with Crippen molar-refractivity contribution in [2.45, 2.75) is 0 Å². The zero-order valence-electron chi connectivity index (χ0n) is 10.6. The maximum Gasteiger partial charge on any atom is 0.337 e. The van der Waals surface area contributed by atoms with E-state index in [0.29, 0.717) is 17.2 Å². The molecule has 5 nitrogen and oxygen atoms in total. The van der Waals surface area contributed by atoms with Crippen LogP contribution < -0.4 is 9.47 Å². The standard InChI is InChI=1S/C14H13NO4/c1-18-11-6-4-3-5-10(11)13-12(19-2)7-9(8-15-13)14(16)17/h3-8H,1-2H3,(H,16,17). The van der Waals surface area contributed by atoms with Crippen molar-refractivity contribution in [2.24, 2.45) is 0 Å². The Morgan fingerprint density at radius 2 is 1.84 bits per heavy atom. The molecule has 1 aromatic carbocycles. The molecule has 2 aromatic rings. The van der Waals surface area contributed by atoms with Crippen LogP contribution in [0.1, 0.15) is 10.4 Å². The summed E-state index contributed by atoms with van der Waals surface area (Å²) in [6.45, 7) is 0. The third-order valence-corrected chi connectivity index (χ3v) is 2.68. The Morgan fingerprint density at radius 1 is 1.16 bits per heavy atom. The van der Waals surface area contributed by atoms with Crippen molar-refractivity contribution in [3.63, 3.8) is 0 Å². The summed E-state index contributed by atoms with van der Waals surface area (Å²) in [6, 6.07) is 8.79. The average Bonchev–Trinajstić information content (AvgIpc) is 2.46. The highest BCUT2D eigenvalue weighted by molar-refractivity contribution is 5.89. The Kier molecular flexibility index (Phi) is 3.66. The van der Waals surface area contributed by atoms with Crippen molar-refractivity contribution >= 4 is 5.97 Å². The first-order chi connectivity index (χ1) is 9.17. The molecule has 0 radical (unpaired) electrons. The van der Waals surface area contributed by atoms with E-state index in [1.165, 1.54) is 19.4 Å². The number of hydrogen-bond donors (Lipinski definition) is 1. The molecule has 0 aliphatic rings. The van der Waals surface area contributed by atoms with E-state index in [1.807, 2.05) is 24.3 Å². The van der Waals surface area contributed by atoms with Crippen molar-refractivity contribution in [1.29, 1.82) is 0 Å². The molecule has 0 unspecified atom stereocenters. The second-order valence-corrected chi connectivity index (χ2v) is 3.78. The van der Waals surface area contributed by atoms with E-state index in [-0.39, 0.29) is 5.56 Å². The SMILES string of the molecule is COc1ccccc1-c1ncc(C(=O)O)cc1OC. The first-order valence-electron chi connectivity index (χ1n) is 5.58. The Morgan fingerprint density at radius 3 is 2.47 bits per heavy atom. The predicted molar refractivity (Wildman–Crippen MR) is 69.7 cm³/mol. The summed E-state index contributed by atoms with van der Waals surface area (Å²) in [4.78, 5) is 15.1. The summed E-state index contributed by atoms with van der Waals surface area (Å²) in [5.74, 6) is -0.00171. The molecule has 0 amide bonds. The van der Waals surface area contributed by atoms with Crippen LogP contribution in [0.3, 0.4) is 0 Å². The summed E-state index contributed by atoms with van der Waals surface area (Å²) in [6.07, 6.45) is 1.30. The van der Waals surface area contributed by atoms with Gasteiger partial charge in [0.25, 0.3) is 0 Å². The lowest BCUT2D eigenvalue weighted by Gasteiger charge is -2.11. The van der Waals surface area contributed by atoms with Crippen LogP contribution in [0, 0.1) is 0 Å². The number of carboxylic acids is 1. The summed E-state index contributed by atoms with van der Waals surface area (Å²) in [7, 11) is 3.04. The van der Waals surface area contributed by atoms with Gasteiger partial charge in [-0.25, -0.2) is 4.79 Å². The zero-order chi connectivity index (χ0) is 13.8. The van der Waals surface area contributed by atoms with Gasteiger partial charge >= 0.3 is 5.97 Å². The van der Waals surface area contributed by atoms with Crippen LogP contribution in [-0.2, 0) is 0 Å². The molecular weight excluding hydrogens is 246 g/mol. The molecule has 0 saturated carbocycles. The van der Waals surface area contributed by atoms with E-state index in [9.17, 15) is 4.79 Å². The molecule has 98 valence electrons. The first-order valence-corrected chi connectivity index (χ1v) is 5.58. The number of carbonyl (C=O) groups is 1. The van der Waals surface area contributed by atoms with Crippen LogP contribution in [0.25, 0.3) is 11.3 Å². The molecule has 0 aliphatic carbocycles. The third-order valence-electron chi connectivity index (χ3n) is 2.68. The second kappa shape index (κ2) is 5.39. The van der Waals surface area contributed by atoms with Crippen LogP contribution in [0.2, 0.25) is 0 Å². The number of ether oxygens (including phenoxy) is 2. The van der Waals surface area contributed by atoms with Crippen molar-refractivity contribution in [3.8, 4) is 22.8 Å². The Hall–Kier alpha value is -2.56. The highest BCUT2D eigenvalue weighted by atomic mass is 16.5. The van der Waals surface area contributed by atoms with Gasteiger partial charge in [0.1, 0.15) is 17.2 Å². The molecule has 0 spiro atoms. The van der Waals surface area contributed by atoms with Gasteiger partial charge in [0.05, 0.1) is 19.8 Å². The van der Waals surface area contributed by atoms with Gasteiger partial charge in [-0.05, 0) is 18.2 Å². The molecule has 0 saturated heterocycles. The highest BCUT2D eigenvalue weighted by Gasteiger charge is 2.15. The van der Waals surface area contributed by atoms with Gasteiger partial charge in [0, 0.05) is 11.8 Å². The van der Waals surface area contributed by atoms with Crippen LogP contribution >= 0.6 is 0 Å². The summed E-state index contributed by atoms with van der Waals surface area (Å²) < 4.78 is 10.5. The monoisotopic (exact) mass is 259 g/mol. The van der Waals surface area contributed by atoms with Crippen molar-refractivity contribution < 1.29 is 19.4 Å². The van der Waals surface area contributed by atoms with Gasteiger partial charge in [0.2, 0.25) is 0 Å². The molecule has 0 fully saturated rings. The molecule has 19 heavy (non-hydrogen) atoms. The Bertz CT molecular complexity index is 610. The van der Waals surface area contributed by atoms with Crippen molar-refractivity contribution in [2.75, 3.05) is 14.2 Å². The lowest BCUT2D eigenvalue weighted by Crippen LogP contribution is -2.01. The van der Waals surface area contributed by atoms with E-state index < -0.39 is 5.97 Å². The second-order valence-electron chi connectivity index (χ2n) is 3.78. The van der Waals surface area contributed by atoms with Crippen molar-refractivity contribution in [1.82, 2.24) is 4.98 Å². The van der Waals surface area contributed by atoms with E-state index in [1.54, 1.807) is 7.11 Å². The largest absolute Gasteiger partial charge is 0.496 e. The van der Waals surface area contributed by atoms with E-state index in [4.69, 9.17) is 14.6 Å². The molecule has 1 N–H and O–H groups in total. The minimum absolute atomic E-state index is 0.0792. The molecule has 0 aliphatic heterocycles. The number of nitrogens with zero attached hydrogens (tertiary/aromatic N) is 1. The lowest BCUT2D eigenvalue weighted by molar-refractivity contribution is 0.0696. The first kappa shape index (κ1) is 12.9. The van der Waals surface area contributed by atoms with Crippen molar-refractivity contribution in [3.05, 3.63) is 42.1 Å². The fourth-order valence-corrected chi connectivity index (χ4v) is 1.76. The van der Waals surface area contributed by atoms with Crippen LogP contribution in [0.15, 0.2) is 36.5 Å². The Labute approximate surface area is 110 Å². The number of pyridine rings is 1. The number of hydrogen-bond acceptors (Lipinski definition) is 4. The quantitative estimate of drug-likeness (QED) is 0.913. The van der Waals surface area contributed by atoms with Gasteiger partial charge in [-0.2, -0.15) is 0 Å². The minimum Gasteiger partial charge on any atom is -0.496 e. The number of methoxy groups -OCH3 is 2. The van der Waals surface area contributed by atoms with Crippen LogP contribution in [0.5, 0.6) is 11.5 Å². The summed E-state index contributed by atoms with van der Waals surface area (Å²) in [5.41, 5.74) is 1.37. The average molecular weight is 259 g/mol.